The van der Waals surface area contributed by atoms with Gasteiger partial charge in [0.1, 0.15) is 5.82 Å². The van der Waals surface area contributed by atoms with Gasteiger partial charge in [-0.3, -0.25) is 5.84 Å². The van der Waals surface area contributed by atoms with E-state index in [9.17, 15) is 0 Å². The summed E-state index contributed by atoms with van der Waals surface area (Å²) in [7, 11) is 0. The number of rotatable bonds is 3. The third kappa shape index (κ3) is 2.78. The zero-order valence-corrected chi connectivity index (χ0v) is 11.3. The summed E-state index contributed by atoms with van der Waals surface area (Å²) in [6, 6.07) is 6.87. The van der Waals surface area contributed by atoms with Crippen LogP contribution in [0.25, 0.3) is 0 Å². The van der Waals surface area contributed by atoms with E-state index in [0.717, 1.165) is 16.7 Å². The summed E-state index contributed by atoms with van der Waals surface area (Å²) in [5, 5.41) is 0.576. The molecule has 0 aliphatic heterocycles. The van der Waals surface area contributed by atoms with Gasteiger partial charge in [-0.1, -0.05) is 17.7 Å². The van der Waals surface area contributed by atoms with Gasteiger partial charge in [0.2, 0.25) is 0 Å². The summed E-state index contributed by atoms with van der Waals surface area (Å²) in [6.07, 6.45) is 1.71. The third-order valence-corrected chi connectivity index (χ3v) is 3.16. The molecule has 0 aliphatic carbocycles. The van der Waals surface area contributed by atoms with Gasteiger partial charge >= 0.3 is 0 Å². The molecule has 1 heterocycles. The van der Waals surface area contributed by atoms with Crippen molar-refractivity contribution in [2.24, 2.45) is 5.84 Å². The van der Waals surface area contributed by atoms with Gasteiger partial charge in [-0.2, -0.15) is 0 Å². The summed E-state index contributed by atoms with van der Waals surface area (Å²) in [5.74, 6) is 6.06. The highest BCUT2D eigenvalue weighted by Gasteiger charge is 2.18. The number of nitrogens with two attached hydrogens (primary N) is 3. The van der Waals surface area contributed by atoms with Gasteiger partial charge in [0.25, 0.3) is 0 Å². The van der Waals surface area contributed by atoms with Crippen LogP contribution >= 0.6 is 11.6 Å². The Morgan fingerprint density at radius 1 is 1.21 bits per heavy atom. The lowest BCUT2D eigenvalue weighted by Gasteiger charge is -2.20. The standard InChI is InChI=1S/C13H16ClN5/c1-7-4-10(13(16)18-6-7)12(19-17)9-3-2-8(14)5-11(9)15/h2-6,12,19H,15,17H2,1H3,(H2,16,18). The van der Waals surface area contributed by atoms with Crippen LogP contribution in [-0.2, 0) is 0 Å². The number of hydrogen-bond acceptors (Lipinski definition) is 5. The quantitative estimate of drug-likeness (QED) is 0.389. The molecule has 0 amide bonds. The molecule has 2 aromatic rings. The van der Waals surface area contributed by atoms with Gasteiger partial charge in [0.05, 0.1) is 6.04 Å². The molecule has 1 unspecified atom stereocenters. The minimum atomic E-state index is -0.329. The van der Waals surface area contributed by atoms with E-state index in [1.54, 1.807) is 18.3 Å². The number of aryl methyl sites for hydroxylation is 1. The maximum absolute atomic E-state index is 5.98. The average Bonchev–Trinajstić information content (AvgIpc) is 2.36. The molecule has 0 bridgehead atoms. The molecule has 1 atom stereocenters. The molecule has 0 spiro atoms. The normalized spacial score (nSPS) is 12.4. The maximum atomic E-state index is 5.98. The second-order valence-corrected chi connectivity index (χ2v) is 4.80. The lowest BCUT2D eigenvalue weighted by Crippen LogP contribution is -2.30. The average molecular weight is 278 g/mol. The molecule has 6 heteroatoms. The molecule has 0 saturated heterocycles. The molecular weight excluding hydrogens is 262 g/mol. The minimum absolute atomic E-state index is 0.329. The molecule has 0 radical (unpaired) electrons. The van der Waals surface area contributed by atoms with Crippen LogP contribution in [0.1, 0.15) is 22.7 Å². The van der Waals surface area contributed by atoms with Crippen molar-refractivity contribution in [1.82, 2.24) is 10.4 Å². The summed E-state index contributed by atoms with van der Waals surface area (Å²) >= 11 is 5.90. The predicted octanol–water partition coefficient (Wildman–Crippen LogP) is 1.76. The number of nitrogens with one attached hydrogen (secondary N) is 1. The Morgan fingerprint density at radius 2 is 1.95 bits per heavy atom. The van der Waals surface area contributed by atoms with Crippen molar-refractivity contribution in [3.63, 3.8) is 0 Å². The van der Waals surface area contributed by atoms with Crippen LogP contribution in [0.3, 0.4) is 0 Å². The van der Waals surface area contributed by atoms with Gasteiger partial charge in [0, 0.05) is 22.5 Å². The number of benzene rings is 1. The van der Waals surface area contributed by atoms with Crippen molar-refractivity contribution in [3.8, 4) is 0 Å². The first kappa shape index (κ1) is 13.6. The number of anilines is 2. The summed E-state index contributed by atoms with van der Waals surface area (Å²) in [5.41, 5.74) is 17.8. The molecule has 5 nitrogen and oxygen atoms in total. The zero-order valence-electron chi connectivity index (χ0n) is 10.5. The fourth-order valence-corrected chi connectivity index (χ4v) is 2.17. The molecule has 1 aromatic carbocycles. The molecular formula is C13H16ClN5. The van der Waals surface area contributed by atoms with Crippen LogP contribution in [0.2, 0.25) is 5.02 Å². The number of hydrazine groups is 1. The third-order valence-electron chi connectivity index (χ3n) is 2.92. The molecule has 19 heavy (non-hydrogen) atoms. The number of halogens is 1. The predicted molar refractivity (Wildman–Crippen MR) is 78.4 cm³/mol. The van der Waals surface area contributed by atoms with Crippen molar-refractivity contribution in [1.29, 1.82) is 0 Å². The van der Waals surface area contributed by atoms with E-state index >= 15 is 0 Å². The van der Waals surface area contributed by atoms with Crippen LogP contribution in [0.5, 0.6) is 0 Å². The second kappa shape index (κ2) is 5.44. The Labute approximate surface area is 116 Å². The highest BCUT2D eigenvalue weighted by molar-refractivity contribution is 6.30. The van der Waals surface area contributed by atoms with E-state index in [2.05, 4.69) is 10.4 Å². The largest absolute Gasteiger partial charge is 0.398 e. The first-order chi connectivity index (χ1) is 9.02. The first-order valence-electron chi connectivity index (χ1n) is 5.76. The van der Waals surface area contributed by atoms with E-state index in [1.165, 1.54) is 0 Å². The fourth-order valence-electron chi connectivity index (χ4n) is 1.99. The van der Waals surface area contributed by atoms with E-state index in [-0.39, 0.29) is 6.04 Å². The number of aromatic nitrogens is 1. The smallest absolute Gasteiger partial charge is 0.128 e. The summed E-state index contributed by atoms with van der Waals surface area (Å²) in [6.45, 7) is 1.94. The molecule has 7 N–H and O–H groups in total. The van der Waals surface area contributed by atoms with Crippen molar-refractivity contribution in [2.45, 2.75) is 13.0 Å². The second-order valence-electron chi connectivity index (χ2n) is 4.36. The summed E-state index contributed by atoms with van der Waals surface area (Å²) in [4.78, 5) is 4.14. The zero-order chi connectivity index (χ0) is 14.0. The van der Waals surface area contributed by atoms with Crippen molar-refractivity contribution in [2.75, 3.05) is 11.5 Å². The van der Waals surface area contributed by atoms with Gasteiger partial charge in [-0.05, 0) is 36.2 Å². The number of pyridine rings is 1. The Bertz CT molecular complexity index is 600. The Kier molecular flexibility index (Phi) is 3.90. The SMILES string of the molecule is Cc1cnc(N)c(C(NN)c2ccc(Cl)cc2N)c1. The van der Waals surface area contributed by atoms with Crippen molar-refractivity contribution < 1.29 is 0 Å². The van der Waals surface area contributed by atoms with Crippen LogP contribution < -0.4 is 22.7 Å². The Balaban J connectivity index is 2.52. The molecule has 2 rings (SSSR count). The molecule has 0 fully saturated rings. The van der Waals surface area contributed by atoms with E-state index < -0.39 is 0 Å². The van der Waals surface area contributed by atoms with Gasteiger partial charge in [0.15, 0.2) is 0 Å². The highest BCUT2D eigenvalue weighted by atomic mass is 35.5. The minimum Gasteiger partial charge on any atom is -0.398 e. The fraction of sp³-hybridized carbons (Fsp3) is 0.154. The monoisotopic (exact) mass is 277 g/mol. The van der Waals surface area contributed by atoms with Crippen molar-refractivity contribution in [3.05, 3.63) is 52.2 Å². The first-order valence-corrected chi connectivity index (χ1v) is 6.13. The topological polar surface area (TPSA) is 103 Å². The highest BCUT2D eigenvalue weighted by Crippen LogP contribution is 2.30. The van der Waals surface area contributed by atoms with Crippen LogP contribution in [0, 0.1) is 6.92 Å². The van der Waals surface area contributed by atoms with Crippen LogP contribution in [-0.4, -0.2) is 4.98 Å². The van der Waals surface area contributed by atoms with Crippen LogP contribution in [0.15, 0.2) is 30.5 Å². The maximum Gasteiger partial charge on any atom is 0.128 e. The molecule has 1 aromatic heterocycles. The lowest BCUT2D eigenvalue weighted by atomic mass is 9.97. The van der Waals surface area contributed by atoms with E-state index in [1.807, 2.05) is 19.1 Å². The molecule has 100 valence electrons. The van der Waals surface area contributed by atoms with Gasteiger partial charge < -0.3 is 11.5 Å². The molecule has 0 aliphatic rings. The van der Waals surface area contributed by atoms with Gasteiger partial charge in [-0.25, -0.2) is 10.4 Å². The number of nitrogen functional groups attached to an aromatic ring is 2. The van der Waals surface area contributed by atoms with Crippen molar-refractivity contribution >= 4 is 23.1 Å². The van der Waals surface area contributed by atoms with Crippen LogP contribution in [0.4, 0.5) is 11.5 Å². The van der Waals surface area contributed by atoms with E-state index in [0.29, 0.717) is 16.5 Å². The Hall–Kier alpha value is -1.82. The summed E-state index contributed by atoms with van der Waals surface area (Å²) < 4.78 is 0. The number of nitrogens with zero attached hydrogens (tertiary/aromatic N) is 1. The number of hydrogen-bond donors (Lipinski definition) is 4. The Morgan fingerprint density at radius 3 is 2.58 bits per heavy atom. The molecule has 0 saturated carbocycles. The van der Waals surface area contributed by atoms with Gasteiger partial charge in [-0.15, -0.1) is 0 Å². The lowest BCUT2D eigenvalue weighted by molar-refractivity contribution is 0.638. The van der Waals surface area contributed by atoms with E-state index in [4.69, 9.17) is 28.9 Å².